The molecule has 0 bridgehead atoms. The van der Waals surface area contributed by atoms with Gasteiger partial charge in [0.15, 0.2) is 11.4 Å². The van der Waals surface area contributed by atoms with Crippen LogP contribution in [0, 0.1) is 0 Å². The lowest BCUT2D eigenvalue weighted by molar-refractivity contribution is -0.132. The van der Waals surface area contributed by atoms with E-state index in [4.69, 9.17) is 5.73 Å². The number of anilines is 1. The lowest BCUT2D eigenvalue weighted by Crippen LogP contribution is -2.54. The first kappa shape index (κ1) is 40.1. The van der Waals surface area contributed by atoms with E-state index in [0.29, 0.717) is 21.9 Å². The number of hydrogen-bond acceptors (Lipinski definition) is 13. The molecule has 2 rings (SSSR count). The van der Waals surface area contributed by atoms with Gasteiger partial charge in [0, 0.05) is 6.42 Å². The molecule has 50 heavy (non-hydrogen) atoms. The molecule has 0 fully saturated rings. The van der Waals surface area contributed by atoms with E-state index in [9.17, 15) is 48.3 Å². The summed E-state index contributed by atoms with van der Waals surface area (Å²) in [4.78, 5) is 112. The number of phenols is 1. The molecule has 20 nitrogen and oxygen atoms in total. The molecule has 21 heteroatoms. The molecule has 0 aliphatic rings. The third-order valence-corrected chi connectivity index (χ3v) is 7.22. The van der Waals surface area contributed by atoms with Gasteiger partial charge in [0.25, 0.3) is 0 Å². The van der Waals surface area contributed by atoms with Crippen LogP contribution < -0.4 is 48.3 Å². The Morgan fingerprint density at radius 3 is 1.80 bits per heavy atom. The number of phenolic OH excluding ortho intramolecular Hbond substituents is 1. The quantitative estimate of drug-likeness (QED) is 0.0583. The number of amides is 8. The minimum atomic E-state index is -1.24. The number of aldehydes is 1. The normalized spacial score (nSPS) is 12.1. The maximum atomic E-state index is 13.0. The van der Waals surface area contributed by atoms with Gasteiger partial charge in [0.05, 0.1) is 43.8 Å². The second-order valence-corrected chi connectivity index (χ2v) is 11.6. The molecule has 1 aromatic heterocycles. The number of nitrogens with one attached hydrogen (secondary N) is 8. The summed E-state index contributed by atoms with van der Waals surface area (Å²) in [6.07, 6.45) is 1.88. The molecule has 3 atom stereocenters. The molecular formula is C29H38N10O10S. The maximum Gasteiger partial charge on any atom is 0.243 e. The average Bonchev–Trinajstić information content (AvgIpc) is 3.55. The summed E-state index contributed by atoms with van der Waals surface area (Å²) >= 11 is 1.04. The number of benzene rings is 1. The first-order chi connectivity index (χ1) is 23.7. The van der Waals surface area contributed by atoms with Crippen molar-refractivity contribution in [2.75, 3.05) is 38.0 Å². The predicted octanol–water partition coefficient (Wildman–Crippen LogP) is -4.24. The molecule has 2 aromatic rings. The van der Waals surface area contributed by atoms with E-state index in [1.165, 1.54) is 44.3 Å². The molecular weight excluding hydrogens is 680 g/mol. The number of primary amides is 1. The van der Waals surface area contributed by atoms with Gasteiger partial charge in [-0.25, -0.2) is 4.98 Å². The van der Waals surface area contributed by atoms with Gasteiger partial charge in [0.1, 0.15) is 23.9 Å². The van der Waals surface area contributed by atoms with Gasteiger partial charge in [-0.15, -0.1) is 0 Å². The molecule has 0 spiro atoms. The van der Waals surface area contributed by atoms with Crippen LogP contribution in [0.2, 0.25) is 0 Å². The molecule has 270 valence electrons. The number of aromatic nitrogens is 1. The molecule has 11 N–H and O–H groups in total. The number of carbonyl (C=O) groups is 9. The van der Waals surface area contributed by atoms with Crippen LogP contribution in [-0.2, 0) is 44.8 Å². The molecule has 0 unspecified atom stereocenters. The fourth-order valence-corrected chi connectivity index (χ4v) is 4.42. The van der Waals surface area contributed by atoms with Gasteiger partial charge in [-0.2, -0.15) is 0 Å². The smallest absolute Gasteiger partial charge is 0.243 e. The van der Waals surface area contributed by atoms with Crippen molar-refractivity contribution in [3.05, 3.63) is 40.9 Å². The van der Waals surface area contributed by atoms with Crippen LogP contribution in [0.5, 0.6) is 5.75 Å². The summed E-state index contributed by atoms with van der Waals surface area (Å²) < 4.78 is 0. The summed E-state index contributed by atoms with van der Waals surface area (Å²) in [5.74, 6) is -5.82. The summed E-state index contributed by atoms with van der Waals surface area (Å²) in [7, 11) is 0. The van der Waals surface area contributed by atoms with E-state index in [2.05, 4.69) is 47.5 Å². The highest BCUT2D eigenvalue weighted by molar-refractivity contribution is 7.17. The van der Waals surface area contributed by atoms with Crippen molar-refractivity contribution in [2.24, 2.45) is 5.73 Å². The zero-order chi connectivity index (χ0) is 37.2. The molecule has 0 aliphatic heterocycles. The Labute approximate surface area is 289 Å². The Morgan fingerprint density at radius 2 is 1.26 bits per heavy atom. The zero-order valence-electron chi connectivity index (χ0n) is 27.0. The van der Waals surface area contributed by atoms with Crippen LogP contribution in [0.15, 0.2) is 30.5 Å². The van der Waals surface area contributed by atoms with Crippen LogP contribution >= 0.6 is 11.3 Å². The van der Waals surface area contributed by atoms with Crippen LogP contribution in [0.25, 0.3) is 0 Å². The van der Waals surface area contributed by atoms with Crippen molar-refractivity contribution in [2.45, 2.75) is 38.4 Å². The van der Waals surface area contributed by atoms with Gasteiger partial charge in [-0.3, -0.25) is 43.2 Å². The number of nitrogens with zero attached hydrogens (tertiary/aromatic N) is 1. The fourth-order valence-electron chi connectivity index (χ4n) is 3.80. The van der Waals surface area contributed by atoms with Crippen molar-refractivity contribution in [1.29, 1.82) is 0 Å². The van der Waals surface area contributed by atoms with E-state index in [1.807, 2.05) is 0 Å². The zero-order valence-corrected chi connectivity index (χ0v) is 27.8. The molecule has 0 aliphatic carbocycles. The molecule has 0 saturated heterocycles. The van der Waals surface area contributed by atoms with Gasteiger partial charge in [-0.05, 0) is 31.5 Å². The second-order valence-electron chi connectivity index (χ2n) is 10.5. The Balaban J connectivity index is 1.84. The minimum absolute atomic E-state index is 0.0329. The van der Waals surface area contributed by atoms with Crippen LogP contribution in [0.4, 0.5) is 5.13 Å². The standard InChI is InChI=1S/C29H38N10O10S/c1-15(26(47)32-9-21(30)42)38-24(45)12-34-28(49)20(7-17-3-5-18(41)6-4-17)39-25(46)13-33-27(48)16(2)37-23(44)11-31-22(43)10-36-29-35-8-19(14-40)50-29/h3-6,8,14-16,20,41H,7,9-13H2,1-2H3,(H2,30,42)(H,31,43)(H,32,47)(H,33,48)(H,34,49)(H,35,36)(H,37,44)(H,38,45)(H,39,46)/t15-,16-,20-/m0/s1. The van der Waals surface area contributed by atoms with Gasteiger partial charge in [-0.1, -0.05) is 23.5 Å². The summed E-state index contributed by atoms with van der Waals surface area (Å²) in [5.41, 5.74) is 5.50. The Bertz CT molecular complexity index is 1570. The highest BCUT2D eigenvalue weighted by Crippen LogP contribution is 2.15. The topological polar surface area (TPSA) is 309 Å². The maximum absolute atomic E-state index is 13.0. The van der Waals surface area contributed by atoms with E-state index in [0.717, 1.165) is 11.3 Å². The van der Waals surface area contributed by atoms with E-state index in [-0.39, 0.29) is 18.7 Å². The third kappa shape index (κ3) is 15.2. The highest BCUT2D eigenvalue weighted by atomic mass is 32.1. The third-order valence-electron chi connectivity index (χ3n) is 6.34. The van der Waals surface area contributed by atoms with Crippen molar-refractivity contribution in [3.63, 3.8) is 0 Å². The van der Waals surface area contributed by atoms with Crippen LogP contribution in [0.1, 0.15) is 29.1 Å². The lowest BCUT2D eigenvalue weighted by atomic mass is 10.0. The van der Waals surface area contributed by atoms with E-state index in [1.54, 1.807) is 0 Å². The lowest BCUT2D eigenvalue weighted by Gasteiger charge is -2.20. The molecule has 1 heterocycles. The Morgan fingerprint density at radius 1 is 0.740 bits per heavy atom. The van der Waals surface area contributed by atoms with Gasteiger partial charge < -0.3 is 53.4 Å². The molecule has 8 amide bonds. The minimum Gasteiger partial charge on any atom is -0.508 e. The number of thiazole rings is 1. The second kappa shape index (κ2) is 20.3. The first-order valence-corrected chi connectivity index (χ1v) is 15.7. The molecule has 0 saturated carbocycles. The van der Waals surface area contributed by atoms with Crippen molar-refractivity contribution >= 4 is 70.0 Å². The highest BCUT2D eigenvalue weighted by Gasteiger charge is 2.24. The van der Waals surface area contributed by atoms with Crippen molar-refractivity contribution in [3.8, 4) is 5.75 Å². The summed E-state index contributed by atoms with van der Waals surface area (Å²) in [6.45, 7) is 0.414. The van der Waals surface area contributed by atoms with Gasteiger partial charge in [0.2, 0.25) is 47.3 Å². The van der Waals surface area contributed by atoms with Crippen LogP contribution in [-0.4, -0.2) is 114 Å². The Hall–Kier alpha value is -6.12. The number of carbonyl (C=O) groups excluding carboxylic acids is 9. The van der Waals surface area contributed by atoms with Gasteiger partial charge >= 0.3 is 0 Å². The van der Waals surface area contributed by atoms with E-state index < -0.39 is 91.6 Å². The SMILES string of the molecule is C[C@H](NC(=O)CNC(=O)CNc1ncc(C=O)s1)C(=O)NCC(=O)N[C@@H](Cc1ccc(O)cc1)C(=O)NCC(=O)N[C@@H](C)C(=O)NCC(N)=O. The fraction of sp³-hybridized carbons (Fsp3) is 0.379. The predicted molar refractivity (Wildman–Crippen MR) is 176 cm³/mol. The number of rotatable bonds is 20. The largest absolute Gasteiger partial charge is 0.508 e. The van der Waals surface area contributed by atoms with Crippen LogP contribution in [0.3, 0.4) is 0 Å². The Kier molecular flexibility index (Phi) is 16.3. The molecule has 0 radical (unpaired) electrons. The average molecular weight is 719 g/mol. The van der Waals surface area contributed by atoms with Crippen molar-refractivity contribution < 1.29 is 48.3 Å². The van der Waals surface area contributed by atoms with E-state index >= 15 is 0 Å². The van der Waals surface area contributed by atoms with Crippen molar-refractivity contribution in [1.82, 2.24) is 42.2 Å². The number of hydrogen-bond donors (Lipinski definition) is 10. The summed E-state index contributed by atoms with van der Waals surface area (Å²) in [6, 6.07) is 2.35. The number of aromatic hydroxyl groups is 1. The molecule has 1 aromatic carbocycles. The monoisotopic (exact) mass is 718 g/mol. The number of nitrogens with two attached hydrogens (primary N) is 1. The summed E-state index contributed by atoms with van der Waals surface area (Å²) in [5, 5.41) is 29.0. The first-order valence-electron chi connectivity index (χ1n) is 14.9.